The van der Waals surface area contributed by atoms with E-state index in [1.54, 1.807) is 20.9 Å². The topological polar surface area (TPSA) is 95.5 Å². The van der Waals surface area contributed by atoms with Gasteiger partial charge < -0.3 is 15.7 Å². The third-order valence-electron chi connectivity index (χ3n) is 4.00. The summed E-state index contributed by atoms with van der Waals surface area (Å²) in [5, 5.41) is 14.4. The van der Waals surface area contributed by atoms with Crippen LogP contribution in [0.5, 0.6) is 0 Å². The third kappa shape index (κ3) is 3.71. The number of carboxylic acid groups (broad SMARTS) is 1. The van der Waals surface area contributed by atoms with Crippen molar-refractivity contribution in [3.63, 3.8) is 0 Å². The number of nitrogens with one attached hydrogen (secondary N) is 2. The van der Waals surface area contributed by atoms with Crippen LogP contribution in [0.1, 0.15) is 33.6 Å². The summed E-state index contributed by atoms with van der Waals surface area (Å²) < 4.78 is 0. The summed E-state index contributed by atoms with van der Waals surface area (Å²) in [4.78, 5) is 35.0. The highest BCUT2D eigenvalue weighted by atomic mass is 16.4. The molecule has 0 spiro atoms. The lowest BCUT2D eigenvalue weighted by atomic mass is 9.91. The van der Waals surface area contributed by atoms with E-state index in [0.717, 1.165) is 0 Å². The molecule has 1 rings (SSSR count). The predicted octanol–water partition coefficient (Wildman–Crippen LogP) is 0.622. The number of rotatable bonds is 5. The van der Waals surface area contributed by atoms with Gasteiger partial charge in [0.1, 0.15) is 0 Å². The number of carbonyl (C=O) groups excluding carboxylic acids is 2. The minimum atomic E-state index is -0.917. The van der Waals surface area contributed by atoms with Gasteiger partial charge in [0.05, 0.1) is 17.3 Å². The average molecular weight is 284 g/mol. The third-order valence-corrected chi connectivity index (χ3v) is 4.00. The second-order valence-electron chi connectivity index (χ2n) is 6.31. The zero-order valence-electron chi connectivity index (χ0n) is 12.5. The molecule has 20 heavy (non-hydrogen) atoms. The summed E-state index contributed by atoms with van der Waals surface area (Å²) in [5.74, 6) is -2.22. The summed E-state index contributed by atoms with van der Waals surface area (Å²) in [6.45, 7) is 5.62. The van der Waals surface area contributed by atoms with E-state index < -0.39 is 23.2 Å². The monoisotopic (exact) mass is 284 g/mol. The lowest BCUT2D eigenvalue weighted by molar-refractivity contribution is -0.146. The number of hydrogen-bond acceptors (Lipinski definition) is 3. The maximum Gasteiger partial charge on any atom is 0.307 e. The standard InChI is InChI=1S/C14H24N2O4/c1-8-5-9(10(6-8)12(18)19)11(17)16-7-14(2,3)13(20)15-4/h8-10H,5-7H2,1-4H3,(H,15,20)(H,16,17)(H,18,19)/t8?,9-,10+/m0/s1. The molecule has 6 nitrogen and oxygen atoms in total. The molecule has 1 aliphatic rings. The van der Waals surface area contributed by atoms with Gasteiger partial charge in [-0.15, -0.1) is 0 Å². The minimum Gasteiger partial charge on any atom is -0.481 e. The summed E-state index contributed by atoms with van der Waals surface area (Å²) in [6, 6.07) is 0. The van der Waals surface area contributed by atoms with Crippen LogP contribution in [0.15, 0.2) is 0 Å². The van der Waals surface area contributed by atoms with Crippen LogP contribution in [0.25, 0.3) is 0 Å². The van der Waals surface area contributed by atoms with Crippen LogP contribution in [0.3, 0.4) is 0 Å². The molecule has 2 amide bonds. The van der Waals surface area contributed by atoms with E-state index >= 15 is 0 Å². The minimum absolute atomic E-state index is 0.160. The fourth-order valence-corrected chi connectivity index (χ4v) is 2.71. The number of carbonyl (C=O) groups is 3. The summed E-state index contributed by atoms with van der Waals surface area (Å²) in [6.07, 6.45) is 1.12. The molecule has 3 N–H and O–H groups in total. The Hall–Kier alpha value is -1.59. The molecule has 0 aromatic rings. The van der Waals surface area contributed by atoms with Gasteiger partial charge in [0.25, 0.3) is 0 Å². The summed E-state index contributed by atoms with van der Waals surface area (Å²) in [7, 11) is 1.55. The van der Waals surface area contributed by atoms with Crippen molar-refractivity contribution in [1.29, 1.82) is 0 Å². The van der Waals surface area contributed by atoms with Crippen molar-refractivity contribution in [3.05, 3.63) is 0 Å². The Balaban J connectivity index is 2.63. The van der Waals surface area contributed by atoms with E-state index in [1.165, 1.54) is 0 Å². The maximum atomic E-state index is 12.2. The van der Waals surface area contributed by atoms with E-state index in [4.69, 9.17) is 5.11 Å². The van der Waals surface area contributed by atoms with Crippen molar-refractivity contribution >= 4 is 17.8 Å². The van der Waals surface area contributed by atoms with Gasteiger partial charge in [-0.2, -0.15) is 0 Å². The van der Waals surface area contributed by atoms with Gasteiger partial charge in [-0.1, -0.05) is 6.92 Å². The average Bonchev–Trinajstić information content (AvgIpc) is 2.77. The molecule has 1 fully saturated rings. The molecule has 1 saturated carbocycles. The first-order valence-electron chi connectivity index (χ1n) is 6.91. The van der Waals surface area contributed by atoms with E-state index in [2.05, 4.69) is 10.6 Å². The Labute approximate surface area is 119 Å². The van der Waals surface area contributed by atoms with Crippen molar-refractivity contribution in [3.8, 4) is 0 Å². The fraction of sp³-hybridized carbons (Fsp3) is 0.786. The molecular formula is C14H24N2O4. The van der Waals surface area contributed by atoms with E-state index in [0.29, 0.717) is 12.8 Å². The van der Waals surface area contributed by atoms with Gasteiger partial charge in [-0.3, -0.25) is 14.4 Å². The van der Waals surface area contributed by atoms with Crippen LogP contribution in [0.2, 0.25) is 0 Å². The van der Waals surface area contributed by atoms with Crippen molar-refractivity contribution in [2.24, 2.45) is 23.2 Å². The molecule has 3 atom stereocenters. The normalized spacial score (nSPS) is 26.1. The number of hydrogen-bond donors (Lipinski definition) is 3. The van der Waals surface area contributed by atoms with Crippen LogP contribution in [0, 0.1) is 23.2 Å². The van der Waals surface area contributed by atoms with Crippen molar-refractivity contribution in [2.45, 2.75) is 33.6 Å². The fourth-order valence-electron chi connectivity index (χ4n) is 2.71. The first-order valence-corrected chi connectivity index (χ1v) is 6.91. The Morgan fingerprint density at radius 2 is 1.75 bits per heavy atom. The summed E-state index contributed by atoms with van der Waals surface area (Å²) >= 11 is 0. The van der Waals surface area contributed by atoms with Gasteiger partial charge in [0.2, 0.25) is 11.8 Å². The van der Waals surface area contributed by atoms with Crippen molar-refractivity contribution in [2.75, 3.05) is 13.6 Å². The zero-order chi connectivity index (χ0) is 15.5. The largest absolute Gasteiger partial charge is 0.481 e. The molecule has 114 valence electrons. The summed E-state index contributed by atoms with van der Waals surface area (Å²) in [5.41, 5.74) is -0.715. The molecule has 6 heteroatoms. The molecular weight excluding hydrogens is 260 g/mol. The van der Waals surface area contributed by atoms with Crippen molar-refractivity contribution < 1.29 is 19.5 Å². The van der Waals surface area contributed by atoms with E-state index in [9.17, 15) is 14.4 Å². The van der Waals surface area contributed by atoms with Crippen LogP contribution in [-0.4, -0.2) is 36.5 Å². The second-order valence-corrected chi connectivity index (χ2v) is 6.31. The molecule has 0 bridgehead atoms. The Kier molecular flexibility index (Phi) is 5.14. The van der Waals surface area contributed by atoms with E-state index in [1.807, 2.05) is 6.92 Å². The SMILES string of the molecule is CNC(=O)C(C)(C)CNC(=O)[C@H]1CC(C)C[C@H]1C(=O)O. The van der Waals surface area contributed by atoms with Crippen LogP contribution >= 0.6 is 0 Å². The van der Waals surface area contributed by atoms with Crippen LogP contribution in [0.4, 0.5) is 0 Å². The van der Waals surface area contributed by atoms with Gasteiger partial charge in [-0.05, 0) is 32.6 Å². The van der Waals surface area contributed by atoms with Gasteiger partial charge in [0, 0.05) is 13.6 Å². The van der Waals surface area contributed by atoms with Crippen LogP contribution in [-0.2, 0) is 14.4 Å². The quantitative estimate of drug-likeness (QED) is 0.689. The molecule has 0 aliphatic heterocycles. The molecule has 1 aliphatic carbocycles. The molecule has 0 heterocycles. The Morgan fingerprint density at radius 1 is 1.20 bits per heavy atom. The van der Waals surface area contributed by atoms with Gasteiger partial charge in [0.15, 0.2) is 0 Å². The number of aliphatic carboxylic acids is 1. The predicted molar refractivity (Wildman–Crippen MR) is 73.9 cm³/mol. The Bertz CT molecular complexity index is 406. The van der Waals surface area contributed by atoms with Crippen molar-refractivity contribution in [1.82, 2.24) is 10.6 Å². The second kappa shape index (κ2) is 6.24. The number of carboxylic acids is 1. The highest BCUT2D eigenvalue weighted by Crippen LogP contribution is 2.36. The number of amides is 2. The Morgan fingerprint density at radius 3 is 2.25 bits per heavy atom. The highest BCUT2D eigenvalue weighted by molar-refractivity contribution is 5.86. The molecule has 0 aromatic heterocycles. The van der Waals surface area contributed by atoms with Crippen LogP contribution < -0.4 is 10.6 Å². The zero-order valence-corrected chi connectivity index (χ0v) is 12.5. The molecule has 0 aromatic carbocycles. The maximum absolute atomic E-state index is 12.2. The van der Waals surface area contributed by atoms with Gasteiger partial charge in [-0.25, -0.2) is 0 Å². The molecule has 1 unspecified atom stereocenters. The molecule has 0 saturated heterocycles. The smallest absolute Gasteiger partial charge is 0.307 e. The highest BCUT2D eigenvalue weighted by Gasteiger charge is 2.41. The lowest BCUT2D eigenvalue weighted by Gasteiger charge is -2.24. The lowest BCUT2D eigenvalue weighted by Crippen LogP contribution is -2.46. The molecule has 0 radical (unpaired) electrons. The first-order chi connectivity index (χ1) is 9.19. The van der Waals surface area contributed by atoms with E-state index in [-0.39, 0.29) is 24.3 Å². The first kappa shape index (κ1) is 16.5. The van der Waals surface area contributed by atoms with Gasteiger partial charge >= 0.3 is 5.97 Å².